The number of esters is 1. The topological polar surface area (TPSA) is 63.2 Å². The third-order valence-corrected chi connectivity index (χ3v) is 9.32. The zero-order valence-corrected chi connectivity index (χ0v) is 31.6. The van der Waals surface area contributed by atoms with E-state index in [9.17, 15) is 4.79 Å². The van der Waals surface area contributed by atoms with E-state index in [1.54, 1.807) is 0 Å². The average Bonchev–Trinajstić information content (AvgIpc) is 3.11. The van der Waals surface area contributed by atoms with Gasteiger partial charge < -0.3 is 23.7 Å². The molecule has 6 nitrogen and oxygen atoms in total. The Bertz CT molecular complexity index is 1630. The van der Waals surface area contributed by atoms with Gasteiger partial charge in [0.2, 0.25) is 0 Å². The maximum atomic E-state index is 12.3. The summed E-state index contributed by atoms with van der Waals surface area (Å²) < 4.78 is 31.4. The highest BCUT2D eigenvalue weighted by atomic mass is 16.6. The van der Waals surface area contributed by atoms with Crippen LogP contribution in [-0.2, 0) is 4.79 Å². The first-order valence-electron chi connectivity index (χ1n) is 19.7. The van der Waals surface area contributed by atoms with Gasteiger partial charge in [0.1, 0.15) is 5.75 Å². The van der Waals surface area contributed by atoms with Gasteiger partial charge in [0.15, 0.2) is 23.0 Å². The lowest BCUT2D eigenvalue weighted by atomic mass is 9.93. The second kappa shape index (κ2) is 21.5. The molecule has 0 aliphatic carbocycles. The van der Waals surface area contributed by atoms with Crippen molar-refractivity contribution >= 4 is 38.3 Å². The molecule has 0 heterocycles. The number of fused-ring (bicyclic) bond motifs is 6. The van der Waals surface area contributed by atoms with Gasteiger partial charge in [-0.1, -0.05) is 111 Å². The first-order valence-corrected chi connectivity index (χ1v) is 19.7. The Morgan fingerprint density at radius 3 is 1.20 bits per heavy atom. The van der Waals surface area contributed by atoms with Crippen LogP contribution in [0.2, 0.25) is 0 Å². The Hall–Kier alpha value is -3.67. The van der Waals surface area contributed by atoms with Gasteiger partial charge in [-0.25, -0.2) is 0 Å². The van der Waals surface area contributed by atoms with Gasteiger partial charge >= 0.3 is 5.97 Å². The summed E-state index contributed by atoms with van der Waals surface area (Å²) in [6, 6.07) is 14.7. The smallest absolute Gasteiger partial charge is 0.308 e. The van der Waals surface area contributed by atoms with E-state index in [0.29, 0.717) is 37.9 Å². The van der Waals surface area contributed by atoms with Crippen LogP contribution in [0.5, 0.6) is 28.7 Å². The van der Waals surface area contributed by atoms with E-state index in [1.165, 1.54) is 58.3 Å². The molecule has 4 rings (SSSR count). The third kappa shape index (κ3) is 11.4. The monoisotopic (exact) mass is 686 g/mol. The van der Waals surface area contributed by atoms with Crippen LogP contribution in [0.1, 0.15) is 137 Å². The van der Waals surface area contributed by atoms with Gasteiger partial charge in [0, 0.05) is 6.92 Å². The fourth-order valence-corrected chi connectivity index (χ4v) is 6.51. The van der Waals surface area contributed by atoms with Crippen molar-refractivity contribution in [3.05, 3.63) is 42.5 Å². The fourth-order valence-electron chi connectivity index (χ4n) is 6.51. The minimum Gasteiger partial charge on any atom is -0.494 e. The Balaban J connectivity index is 1.87. The summed E-state index contributed by atoms with van der Waals surface area (Å²) in [4.78, 5) is 12.3. The van der Waals surface area contributed by atoms with Gasteiger partial charge in [0.25, 0.3) is 0 Å². The molecular formula is C44H62O6. The number of rotatable bonds is 25. The number of carbonyl (C=O) groups is 1. The Morgan fingerprint density at radius 2 is 0.780 bits per heavy atom. The quantitative estimate of drug-likeness (QED) is 0.0299. The summed E-state index contributed by atoms with van der Waals surface area (Å²) >= 11 is 0. The van der Waals surface area contributed by atoms with Crippen molar-refractivity contribution in [2.45, 2.75) is 137 Å². The maximum Gasteiger partial charge on any atom is 0.308 e. The Morgan fingerprint density at radius 1 is 0.420 bits per heavy atom. The van der Waals surface area contributed by atoms with Crippen LogP contribution in [0.25, 0.3) is 32.3 Å². The number of ether oxygens (including phenoxy) is 5. The number of carbonyl (C=O) groups excluding carboxylic acids is 1. The Kier molecular flexibility index (Phi) is 16.8. The zero-order valence-electron chi connectivity index (χ0n) is 31.6. The highest BCUT2D eigenvalue weighted by Gasteiger charge is 2.19. The van der Waals surface area contributed by atoms with E-state index in [4.69, 9.17) is 23.7 Å². The van der Waals surface area contributed by atoms with Crippen molar-refractivity contribution in [3.8, 4) is 28.7 Å². The molecule has 0 atom stereocenters. The number of benzene rings is 4. The summed E-state index contributed by atoms with van der Waals surface area (Å²) in [5.74, 6) is 3.04. The number of hydrogen-bond donors (Lipinski definition) is 0. The van der Waals surface area contributed by atoms with Crippen molar-refractivity contribution in [2.24, 2.45) is 0 Å². The largest absolute Gasteiger partial charge is 0.494 e. The van der Waals surface area contributed by atoms with E-state index >= 15 is 0 Å². The molecule has 0 amide bonds. The summed E-state index contributed by atoms with van der Waals surface area (Å²) in [6.07, 6.45) is 18.1. The zero-order chi connectivity index (χ0) is 35.6. The van der Waals surface area contributed by atoms with Crippen molar-refractivity contribution in [1.29, 1.82) is 0 Å². The standard InChI is InChI=1S/C44H62O6/c1-6-10-14-18-24-46-34-22-23-35-36(28-34)38-29-41(47-25-19-15-11-7-2)42(48-26-20-16-12-8-3)30-40(38)39-31-43(49-27-21-17-13-9-4)44(32-37(35)39)50-33(5)45/h22-23,28-32H,6-21,24-27H2,1-5H3. The molecule has 0 fully saturated rings. The van der Waals surface area contributed by atoms with E-state index in [1.807, 2.05) is 12.1 Å². The normalized spacial score (nSPS) is 11.4. The number of hydrogen-bond acceptors (Lipinski definition) is 6. The first-order chi connectivity index (χ1) is 24.5. The van der Waals surface area contributed by atoms with Crippen molar-refractivity contribution in [1.82, 2.24) is 0 Å². The van der Waals surface area contributed by atoms with Crippen molar-refractivity contribution < 1.29 is 28.5 Å². The van der Waals surface area contributed by atoms with Gasteiger partial charge in [-0.05, 0) is 94.4 Å². The fraction of sp³-hybridized carbons (Fsp3) is 0.568. The molecule has 0 aliphatic rings. The lowest BCUT2D eigenvalue weighted by Crippen LogP contribution is -2.06. The Labute approximate surface area is 301 Å². The summed E-state index contributed by atoms with van der Waals surface area (Å²) in [5, 5.41) is 6.23. The third-order valence-electron chi connectivity index (χ3n) is 9.32. The molecule has 0 saturated carbocycles. The highest BCUT2D eigenvalue weighted by molar-refractivity contribution is 6.26. The molecule has 6 heteroatoms. The van der Waals surface area contributed by atoms with Gasteiger partial charge in [-0.2, -0.15) is 0 Å². The summed E-state index contributed by atoms with van der Waals surface area (Å²) in [6.45, 7) is 12.9. The number of unbranched alkanes of at least 4 members (excludes halogenated alkanes) is 12. The molecular weight excluding hydrogens is 624 g/mol. The summed E-state index contributed by atoms with van der Waals surface area (Å²) in [7, 11) is 0. The molecule has 0 radical (unpaired) electrons. The highest BCUT2D eigenvalue weighted by Crippen LogP contribution is 2.45. The van der Waals surface area contributed by atoms with E-state index in [0.717, 1.165) is 101 Å². The summed E-state index contributed by atoms with van der Waals surface area (Å²) in [5.41, 5.74) is 0. The van der Waals surface area contributed by atoms with Gasteiger partial charge in [-0.15, -0.1) is 0 Å². The average molecular weight is 687 g/mol. The van der Waals surface area contributed by atoms with Crippen LogP contribution in [0.3, 0.4) is 0 Å². The van der Waals surface area contributed by atoms with Gasteiger partial charge in [0.05, 0.1) is 26.4 Å². The van der Waals surface area contributed by atoms with Crippen LogP contribution >= 0.6 is 0 Å². The van der Waals surface area contributed by atoms with Gasteiger partial charge in [-0.3, -0.25) is 4.79 Å². The minimum atomic E-state index is -0.372. The van der Waals surface area contributed by atoms with Crippen LogP contribution < -0.4 is 23.7 Å². The molecule has 4 aromatic rings. The van der Waals surface area contributed by atoms with E-state index in [2.05, 4.69) is 58.0 Å². The molecule has 0 aliphatic heterocycles. The molecule has 0 unspecified atom stereocenters. The molecule has 0 aromatic heterocycles. The van der Waals surface area contributed by atoms with Crippen molar-refractivity contribution in [3.63, 3.8) is 0 Å². The van der Waals surface area contributed by atoms with Crippen LogP contribution in [-0.4, -0.2) is 32.4 Å². The van der Waals surface area contributed by atoms with E-state index < -0.39 is 0 Å². The molecule has 4 aromatic carbocycles. The maximum absolute atomic E-state index is 12.3. The van der Waals surface area contributed by atoms with Crippen LogP contribution in [0.4, 0.5) is 0 Å². The van der Waals surface area contributed by atoms with E-state index in [-0.39, 0.29) is 5.97 Å². The molecule has 0 saturated heterocycles. The predicted octanol–water partition coefficient (Wildman–Crippen LogP) is 12.9. The molecule has 0 N–H and O–H groups in total. The lowest BCUT2D eigenvalue weighted by Gasteiger charge is -2.19. The first kappa shape index (κ1) is 39.1. The van der Waals surface area contributed by atoms with Crippen molar-refractivity contribution in [2.75, 3.05) is 26.4 Å². The molecule has 50 heavy (non-hydrogen) atoms. The molecule has 274 valence electrons. The second-order valence-electron chi connectivity index (χ2n) is 13.6. The van der Waals surface area contributed by atoms with Crippen LogP contribution in [0.15, 0.2) is 42.5 Å². The SMILES string of the molecule is CCCCCCOc1ccc2c(c1)c1cc(OCCCCCC)c(OCCCCCC)cc1c1cc(OCCCCCC)c(OC(C)=O)cc21. The lowest BCUT2D eigenvalue weighted by molar-refractivity contribution is -0.132. The predicted molar refractivity (Wildman–Crippen MR) is 209 cm³/mol. The second-order valence-corrected chi connectivity index (χ2v) is 13.6. The minimum absolute atomic E-state index is 0.372. The molecule has 0 bridgehead atoms. The van der Waals surface area contributed by atoms with Crippen LogP contribution in [0, 0.1) is 0 Å². The molecule has 0 spiro atoms.